The Balaban J connectivity index is 2.07. The van der Waals surface area contributed by atoms with E-state index in [-0.39, 0.29) is 11.8 Å². The van der Waals surface area contributed by atoms with Gasteiger partial charge < -0.3 is 5.32 Å². The summed E-state index contributed by atoms with van der Waals surface area (Å²) in [5, 5.41) is 3.52. The maximum absolute atomic E-state index is 11.9. The van der Waals surface area contributed by atoms with E-state index in [1.807, 2.05) is 13.0 Å². The van der Waals surface area contributed by atoms with Gasteiger partial charge in [-0.05, 0) is 52.9 Å². The molecule has 0 radical (unpaired) electrons. The van der Waals surface area contributed by atoms with Crippen molar-refractivity contribution in [3.05, 3.63) is 27.7 Å². The lowest BCUT2D eigenvalue weighted by molar-refractivity contribution is -0.119. The van der Waals surface area contributed by atoms with Crippen LogP contribution < -0.4 is 5.32 Å². The molecule has 4 heteroatoms. The molecular weight excluding hydrogens is 289 g/mol. The monoisotopic (exact) mass is 301 g/mol. The molecule has 1 aromatic carbocycles. The van der Waals surface area contributed by atoms with Gasteiger partial charge in [0.25, 0.3) is 0 Å². The second-order valence-corrected chi connectivity index (χ2v) is 5.53. The molecule has 0 aliphatic heterocycles. The summed E-state index contributed by atoms with van der Waals surface area (Å²) in [6.45, 7) is 1.98. The van der Waals surface area contributed by atoms with Crippen LogP contribution in [0.4, 0.5) is 5.69 Å². The first-order valence-corrected chi connectivity index (χ1v) is 6.51. The van der Waals surface area contributed by atoms with Crippen molar-refractivity contribution in [2.45, 2.75) is 19.8 Å². The number of hydrogen-bond acceptors (Lipinski definition) is 1. The van der Waals surface area contributed by atoms with E-state index < -0.39 is 0 Å². The smallest absolute Gasteiger partial charge is 0.227 e. The number of rotatable bonds is 3. The van der Waals surface area contributed by atoms with Gasteiger partial charge in [-0.2, -0.15) is 0 Å². The van der Waals surface area contributed by atoms with Gasteiger partial charge in [0.2, 0.25) is 5.91 Å². The van der Waals surface area contributed by atoms with Crippen LogP contribution in [0.15, 0.2) is 22.7 Å². The predicted molar refractivity (Wildman–Crippen MR) is 69.7 cm³/mol. The first kappa shape index (κ1) is 11.9. The van der Waals surface area contributed by atoms with Gasteiger partial charge in [0.05, 0.1) is 5.69 Å². The van der Waals surface area contributed by atoms with Crippen molar-refractivity contribution < 1.29 is 4.79 Å². The summed E-state index contributed by atoms with van der Waals surface area (Å²) in [5.74, 6) is 0.731. The number of nitrogens with one attached hydrogen (secondary N) is 1. The molecule has 1 aromatic rings. The van der Waals surface area contributed by atoms with Gasteiger partial charge in [0, 0.05) is 15.4 Å². The predicted octanol–water partition coefficient (Wildman–Crippen LogP) is 4.09. The normalized spacial score (nSPS) is 16.9. The van der Waals surface area contributed by atoms with E-state index in [0.29, 0.717) is 10.9 Å². The minimum Gasteiger partial charge on any atom is -0.325 e. The maximum atomic E-state index is 11.9. The molecule has 1 aliphatic rings. The summed E-state index contributed by atoms with van der Waals surface area (Å²) in [6, 6.07) is 5.37. The zero-order chi connectivity index (χ0) is 11.7. The van der Waals surface area contributed by atoms with Gasteiger partial charge in [-0.3, -0.25) is 4.79 Å². The third-order valence-electron chi connectivity index (χ3n) is 2.93. The fourth-order valence-corrected chi connectivity index (χ4v) is 2.17. The van der Waals surface area contributed by atoms with Crippen molar-refractivity contribution in [3.63, 3.8) is 0 Å². The Bertz CT molecular complexity index is 417. The van der Waals surface area contributed by atoms with Crippen LogP contribution in [0.1, 0.15) is 19.8 Å². The first-order chi connectivity index (χ1) is 7.58. The third-order valence-corrected chi connectivity index (χ3v) is 3.86. The lowest BCUT2D eigenvalue weighted by atomic mass is 10.1. The number of anilines is 1. The topological polar surface area (TPSA) is 29.1 Å². The number of halogens is 2. The SMILES string of the molecule is CC(C(=O)Nc1cc(Cl)ccc1Br)C1CC1. The molecule has 1 fully saturated rings. The number of carbonyl (C=O) groups excluding carboxylic acids is 1. The Morgan fingerprint density at radius 1 is 1.56 bits per heavy atom. The molecule has 0 aromatic heterocycles. The second kappa shape index (κ2) is 4.76. The molecule has 0 heterocycles. The minimum absolute atomic E-state index is 0.0745. The van der Waals surface area contributed by atoms with E-state index in [1.54, 1.807) is 12.1 Å². The van der Waals surface area contributed by atoms with Gasteiger partial charge in [0.1, 0.15) is 0 Å². The van der Waals surface area contributed by atoms with Gasteiger partial charge in [-0.15, -0.1) is 0 Å². The second-order valence-electron chi connectivity index (χ2n) is 4.24. The zero-order valence-electron chi connectivity index (χ0n) is 8.97. The van der Waals surface area contributed by atoms with Gasteiger partial charge in [0.15, 0.2) is 0 Å². The van der Waals surface area contributed by atoms with Crippen LogP contribution in [-0.2, 0) is 4.79 Å². The molecule has 1 aliphatic carbocycles. The first-order valence-electron chi connectivity index (χ1n) is 5.34. The fraction of sp³-hybridized carbons (Fsp3) is 0.417. The quantitative estimate of drug-likeness (QED) is 0.895. The summed E-state index contributed by atoms with van der Waals surface area (Å²) in [4.78, 5) is 11.9. The standard InChI is InChI=1S/C12H13BrClNO/c1-7(8-2-3-8)12(16)15-11-6-9(14)4-5-10(11)13/h4-8H,2-3H2,1H3,(H,15,16). The summed E-state index contributed by atoms with van der Waals surface area (Å²) in [5.41, 5.74) is 0.741. The maximum Gasteiger partial charge on any atom is 0.227 e. The van der Waals surface area contributed by atoms with Gasteiger partial charge in [-0.25, -0.2) is 0 Å². The number of benzene rings is 1. The molecule has 1 atom stereocenters. The van der Waals surface area contributed by atoms with Crippen LogP contribution in [0.3, 0.4) is 0 Å². The largest absolute Gasteiger partial charge is 0.325 e. The molecule has 16 heavy (non-hydrogen) atoms. The average Bonchev–Trinajstić information content (AvgIpc) is 3.06. The van der Waals surface area contributed by atoms with Crippen LogP contribution >= 0.6 is 27.5 Å². The third kappa shape index (κ3) is 2.77. The highest BCUT2D eigenvalue weighted by molar-refractivity contribution is 9.10. The van der Waals surface area contributed by atoms with Crippen molar-refractivity contribution in [2.75, 3.05) is 5.32 Å². The average molecular weight is 303 g/mol. The molecule has 0 saturated heterocycles. The fourth-order valence-electron chi connectivity index (χ4n) is 1.65. The summed E-state index contributed by atoms with van der Waals surface area (Å²) in [7, 11) is 0. The molecule has 86 valence electrons. The Morgan fingerprint density at radius 3 is 2.88 bits per heavy atom. The van der Waals surface area contributed by atoms with Crippen molar-refractivity contribution in [3.8, 4) is 0 Å². The van der Waals surface area contributed by atoms with E-state index in [9.17, 15) is 4.79 Å². The molecule has 2 rings (SSSR count). The van der Waals surface area contributed by atoms with Crippen LogP contribution in [0.2, 0.25) is 5.02 Å². The summed E-state index contributed by atoms with van der Waals surface area (Å²) >= 11 is 9.27. The van der Waals surface area contributed by atoms with Gasteiger partial charge >= 0.3 is 0 Å². The highest BCUT2D eigenvalue weighted by Gasteiger charge is 2.32. The Morgan fingerprint density at radius 2 is 2.25 bits per heavy atom. The molecule has 0 bridgehead atoms. The molecular formula is C12H13BrClNO. The van der Waals surface area contributed by atoms with E-state index >= 15 is 0 Å². The highest BCUT2D eigenvalue weighted by atomic mass is 79.9. The van der Waals surface area contributed by atoms with E-state index in [0.717, 1.165) is 10.2 Å². The lowest BCUT2D eigenvalue weighted by Gasteiger charge is -2.12. The van der Waals surface area contributed by atoms with Crippen molar-refractivity contribution in [1.82, 2.24) is 0 Å². The summed E-state index contributed by atoms with van der Waals surface area (Å²) < 4.78 is 0.855. The van der Waals surface area contributed by atoms with Crippen molar-refractivity contribution in [2.24, 2.45) is 11.8 Å². The number of hydrogen-bond donors (Lipinski definition) is 1. The molecule has 1 amide bonds. The van der Waals surface area contributed by atoms with Crippen molar-refractivity contribution >= 4 is 39.1 Å². The van der Waals surface area contributed by atoms with Crippen molar-refractivity contribution in [1.29, 1.82) is 0 Å². The Kier molecular flexibility index (Phi) is 3.55. The molecule has 1 N–H and O–H groups in total. The van der Waals surface area contributed by atoms with Crippen LogP contribution in [0, 0.1) is 11.8 Å². The highest BCUT2D eigenvalue weighted by Crippen LogP contribution is 2.37. The van der Waals surface area contributed by atoms with E-state index in [4.69, 9.17) is 11.6 Å². The minimum atomic E-state index is 0.0745. The van der Waals surface area contributed by atoms with Gasteiger partial charge in [-0.1, -0.05) is 18.5 Å². The van der Waals surface area contributed by atoms with E-state index in [2.05, 4.69) is 21.2 Å². The number of amides is 1. The number of carbonyl (C=O) groups is 1. The Hall–Kier alpha value is -0.540. The molecule has 1 saturated carbocycles. The van der Waals surface area contributed by atoms with Crippen LogP contribution in [-0.4, -0.2) is 5.91 Å². The van der Waals surface area contributed by atoms with Crippen LogP contribution in [0.25, 0.3) is 0 Å². The summed E-state index contributed by atoms with van der Waals surface area (Å²) in [6.07, 6.45) is 2.34. The zero-order valence-corrected chi connectivity index (χ0v) is 11.3. The van der Waals surface area contributed by atoms with Crippen LogP contribution in [0.5, 0.6) is 0 Å². The Labute approximate surface area is 108 Å². The lowest BCUT2D eigenvalue weighted by Crippen LogP contribution is -2.21. The van der Waals surface area contributed by atoms with E-state index in [1.165, 1.54) is 12.8 Å². The molecule has 1 unspecified atom stereocenters. The molecule has 0 spiro atoms. The molecule has 2 nitrogen and oxygen atoms in total.